The predicted molar refractivity (Wildman–Crippen MR) is 93.9 cm³/mol. The number of benzene rings is 1. The van der Waals surface area contributed by atoms with Crippen molar-refractivity contribution in [2.24, 2.45) is 0 Å². The maximum atomic E-state index is 12.2. The van der Waals surface area contributed by atoms with Crippen LogP contribution in [0.1, 0.15) is 15.9 Å². The van der Waals surface area contributed by atoms with E-state index in [0.717, 1.165) is 30.0 Å². The fourth-order valence-corrected chi connectivity index (χ4v) is 3.41. The van der Waals surface area contributed by atoms with Crippen LogP contribution in [0.5, 0.6) is 5.75 Å². The second-order valence-corrected chi connectivity index (χ2v) is 6.53. The molecule has 0 spiro atoms. The Balaban J connectivity index is 1.53. The molecule has 1 aliphatic rings. The summed E-state index contributed by atoms with van der Waals surface area (Å²) >= 11 is 7.19. The Labute approximate surface area is 147 Å². The van der Waals surface area contributed by atoms with Gasteiger partial charge < -0.3 is 4.74 Å². The Morgan fingerprint density at radius 2 is 2.21 bits per heavy atom. The summed E-state index contributed by atoms with van der Waals surface area (Å²) < 4.78 is 5.52. The standard InChI is InChI=1S/C17H12ClN3O2S/c18-15-8-12(3-5-19-15)16(22)21-17-20-13(9-24-17)10-1-2-14-11(7-10)4-6-23-14/h1-3,5,7-9H,4,6H2,(H,20,21,22). The van der Waals surface area contributed by atoms with Gasteiger partial charge in [0.1, 0.15) is 10.9 Å². The van der Waals surface area contributed by atoms with E-state index in [0.29, 0.717) is 10.7 Å². The fraction of sp³-hybridized carbons (Fsp3) is 0.118. The number of hydrogen-bond acceptors (Lipinski definition) is 5. The summed E-state index contributed by atoms with van der Waals surface area (Å²) in [4.78, 5) is 20.6. The van der Waals surface area contributed by atoms with Crippen molar-refractivity contribution in [1.82, 2.24) is 9.97 Å². The molecule has 0 bridgehead atoms. The van der Waals surface area contributed by atoms with E-state index in [9.17, 15) is 4.79 Å². The zero-order chi connectivity index (χ0) is 16.5. The Morgan fingerprint density at radius 3 is 3.08 bits per heavy atom. The van der Waals surface area contributed by atoms with Gasteiger partial charge in [-0.15, -0.1) is 11.3 Å². The number of rotatable bonds is 3. The molecule has 2 aromatic heterocycles. The monoisotopic (exact) mass is 357 g/mol. The number of halogens is 1. The van der Waals surface area contributed by atoms with E-state index in [2.05, 4.69) is 21.4 Å². The molecule has 3 aromatic rings. The highest BCUT2D eigenvalue weighted by atomic mass is 35.5. The molecule has 5 nitrogen and oxygen atoms in total. The van der Waals surface area contributed by atoms with Crippen molar-refractivity contribution in [3.63, 3.8) is 0 Å². The number of fused-ring (bicyclic) bond motifs is 1. The average molecular weight is 358 g/mol. The van der Waals surface area contributed by atoms with Gasteiger partial charge in [0.2, 0.25) is 0 Å². The molecular formula is C17H12ClN3O2S. The molecule has 0 fully saturated rings. The van der Waals surface area contributed by atoms with Crippen molar-refractivity contribution < 1.29 is 9.53 Å². The summed E-state index contributed by atoms with van der Waals surface area (Å²) in [6, 6.07) is 9.16. The highest BCUT2D eigenvalue weighted by Crippen LogP contribution is 2.32. The topological polar surface area (TPSA) is 64.1 Å². The molecule has 3 heterocycles. The highest BCUT2D eigenvalue weighted by molar-refractivity contribution is 7.14. The van der Waals surface area contributed by atoms with Crippen LogP contribution >= 0.6 is 22.9 Å². The molecule has 0 saturated carbocycles. The summed E-state index contributed by atoms with van der Waals surface area (Å²) in [7, 11) is 0. The van der Waals surface area contributed by atoms with Gasteiger partial charge in [0.25, 0.3) is 5.91 Å². The largest absolute Gasteiger partial charge is 0.493 e. The van der Waals surface area contributed by atoms with Crippen molar-refractivity contribution in [3.05, 3.63) is 58.2 Å². The summed E-state index contributed by atoms with van der Waals surface area (Å²) in [5.41, 5.74) is 3.49. The first-order valence-corrected chi connectivity index (χ1v) is 8.59. The van der Waals surface area contributed by atoms with Crippen LogP contribution in [0, 0.1) is 0 Å². The van der Waals surface area contributed by atoms with Gasteiger partial charge in [-0.1, -0.05) is 11.6 Å². The number of nitrogens with one attached hydrogen (secondary N) is 1. The maximum absolute atomic E-state index is 12.2. The van der Waals surface area contributed by atoms with Crippen molar-refractivity contribution in [2.75, 3.05) is 11.9 Å². The van der Waals surface area contributed by atoms with Crippen molar-refractivity contribution in [3.8, 4) is 17.0 Å². The lowest BCUT2D eigenvalue weighted by molar-refractivity contribution is 0.102. The van der Waals surface area contributed by atoms with Gasteiger partial charge >= 0.3 is 0 Å². The smallest absolute Gasteiger partial charge is 0.257 e. The number of carbonyl (C=O) groups excluding carboxylic acids is 1. The van der Waals surface area contributed by atoms with Gasteiger partial charge in [0.05, 0.1) is 12.3 Å². The molecule has 7 heteroatoms. The maximum Gasteiger partial charge on any atom is 0.257 e. The Bertz CT molecular complexity index is 926. The number of hydrogen-bond donors (Lipinski definition) is 1. The average Bonchev–Trinajstić information content (AvgIpc) is 3.23. The third-order valence-corrected chi connectivity index (χ3v) is 4.66. The van der Waals surface area contributed by atoms with Gasteiger partial charge in [-0.2, -0.15) is 0 Å². The van der Waals surface area contributed by atoms with Crippen LogP contribution in [0.2, 0.25) is 5.15 Å². The lowest BCUT2D eigenvalue weighted by Gasteiger charge is -2.02. The summed E-state index contributed by atoms with van der Waals surface area (Å²) in [6.45, 7) is 0.728. The van der Waals surface area contributed by atoms with E-state index in [4.69, 9.17) is 16.3 Å². The summed E-state index contributed by atoms with van der Waals surface area (Å²) in [5, 5.41) is 5.53. The SMILES string of the molecule is O=C(Nc1nc(-c2ccc3c(c2)CCO3)cs1)c1ccnc(Cl)c1. The number of thiazole rings is 1. The predicted octanol–water partition coefficient (Wildman–Crippen LogP) is 4.05. The Hall–Kier alpha value is -2.44. The van der Waals surface area contributed by atoms with Crippen LogP contribution in [0.4, 0.5) is 5.13 Å². The first kappa shape index (κ1) is 15.1. The minimum Gasteiger partial charge on any atom is -0.493 e. The van der Waals surface area contributed by atoms with E-state index in [1.807, 2.05) is 17.5 Å². The minimum absolute atomic E-state index is 0.262. The van der Waals surface area contributed by atoms with Crippen LogP contribution in [0.15, 0.2) is 41.9 Å². The zero-order valence-corrected chi connectivity index (χ0v) is 14.0. The van der Waals surface area contributed by atoms with E-state index in [-0.39, 0.29) is 11.1 Å². The van der Waals surface area contributed by atoms with Crippen LogP contribution in [-0.4, -0.2) is 22.5 Å². The molecule has 1 aromatic carbocycles. The molecule has 1 aliphatic heterocycles. The fourth-order valence-electron chi connectivity index (χ4n) is 2.52. The molecular weight excluding hydrogens is 346 g/mol. The molecule has 0 unspecified atom stereocenters. The molecule has 0 saturated heterocycles. The highest BCUT2D eigenvalue weighted by Gasteiger charge is 2.15. The molecule has 0 aliphatic carbocycles. The summed E-state index contributed by atoms with van der Waals surface area (Å²) in [6.07, 6.45) is 2.41. The van der Waals surface area contributed by atoms with Gasteiger partial charge in [-0.25, -0.2) is 9.97 Å². The lowest BCUT2D eigenvalue weighted by Crippen LogP contribution is -2.11. The van der Waals surface area contributed by atoms with Gasteiger partial charge in [-0.05, 0) is 35.9 Å². The first-order valence-electron chi connectivity index (χ1n) is 7.33. The van der Waals surface area contributed by atoms with Crippen molar-refractivity contribution >= 4 is 34.0 Å². The number of ether oxygens (including phenoxy) is 1. The molecule has 0 atom stereocenters. The first-order chi connectivity index (χ1) is 11.7. The van der Waals surface area contributed by atoms with Crippen LogP contribution in [0.3, 0.4) is 0 Å². The van der Waals surface area contributed by atoms with E-state index in [1.54, 1.807) is 6.07 Å². The Morgan fingerprint density at radius 1 is 1.29 bits per heavy atom. The Kier molecular flexibility index (Phi) is 3.92. The van der Waals surface area contributed by atoms with Crippen LogP contribution in [0.25, 0.3) is 11.3 Å². The van der Waals surface area contributed by atoms with E-state index < -0.39 is 0 Å². The molecule has 120 valence electrons. The molecule has 4 rings (SSSR count). The second kappa shape index (κ2) is 6.22. The lowest BCUT2D eigenvalue weighted by atomic mass is 10.1. The molecule has 1 amide bonds. The van der Waals surface area contributed by atoms with Crippen molar-refractivity contribution in [2.45, 2.75) is 6.42 Å². The van der Waals surface area contributed by atoms with Crippen molar-refractivity contribution in [1.29, 1.82) is 0 Å². The zero-order valence-electron chi connectivity index (χ0n) is 12.5. The number of aromatic nitrogens is 2. The van der Waals surface area contributed by atoms with E-state index >= 15 is 0 Å². The third kappa shape index (κ3) is 2.98. The molecule has 0 radical (unpaired) electrons. The normalized spacial score (nSPS) is 12.5. The number of nitrogens with zero attached hydrogens (tertiary/aromatic N) is 2. The molecule has 1 N–H and O–H groups in total. The van der Waals surface area contributed by atoms with E-state index in [1.165, 1.54) is 29.2 Å². The number of anilines is 1. The number of carbonyl (C=O) groups is 1. The number of pyridine rings is 1. The molecule has 24 heavy (non-hydrogen) atoms. The second-order valence-electron chi connectivity index (χ2n) is 5.28. The quantitative estimate of drug-likeness (QED) is 0.718. The van der Waals surface area contributed by atoms with Gasteiger partial charge in [0.15, 0.2) is 5.13 Å². The van der Waals surface area contributed by atoms with Crippen LogP contribution in [-0.2, 0) is 6.42 Å². The van der Waals surface area contributed by atoms with Gasteiger partial charge in [-0.3, -0.25) is 10.1 Å². The summed E-state index contributed by atoms with van der Waals surface area (Å²) in [5.74, 6) is 0.680. The number of amides is 1. The minimum atomic E-state index is -0.262. The van der Waals surface area contributed by atoms with Gasteiger partial charge in [0, 0.05) is 29.1 Å². The third-order valence-electron chi connectivity index (χ3n) is 3.70. The van der Waals surface area contributed by atoms with Crippen LogP contribution < -0.4 is 10.1 Å².